The van der Waals surface area contributed by atoms with Gasteiger partial charge < -0.3 is 9.47 Å². The van der Waals surface area contributed by atoms with Crippen LogP contribution in [0.5, 0.6) is 11.5 Å². The quantitative estimate of drug-likeness (QED) is 0.241. The zero-order valence-corrected chi connectivity index (χ0v) is 20.4. The lowest BCUT2D eigenvalue weighted by Gasteiger charge is -2.17. The third-order valence-electron chi connectivity index (χ3n) is 5.80. The lowest BCUT2D eigenvalue weighted by atomic mass is 9.97. The second kappa shape index (κ2) is 15.3. The van der Waals surface area contributed by atoms with Crippen LogP contribution in [-0.4, -0.2) is 19.5 Å². The van der Waals surface area contributed by atoms with E-state index in [1.165, 1.54) is 38.5 Å². The van der Waals surface area contributed by atoms with Gasteiger partial charge in [0.05, 0.1) is 13.2 Å². The van der Waals surface area contributed by atoms with Crippen LogP contribution in [0, 0.1) is 23.7 Å². The van der Waals surface area contributed by atoms with Crippen molar-refractivity contribution in [3.63, 3.8) is 0 Å². The molecule has 0 aliphatic heterocycles. The zero-order valence-electron chi connectivity index (χ0n) is 20.4. The van der Waals surface area contributed by atoms with E-state index in [-0.39, 0.29) is 0 Å². The number of hydrogen-bond acceptors (Lipinski definition) is 3. The zero-order chi connectivity index (χ0) is 22.4. The largest absolute Gasteiger partial charge is 0.490 e. The lowest BCUT2D eigenvalue weighted by molar-refractivity contribution is 0.112. The van der Waals surface area contributed by atoms with Crippen molar-refractivity contribution >= 4 is 6.29 Å². The maximum Gasteiger partial charge on any atom is 0.161 e. The van der Waals surface area contributed by atoms with E-state index in [4.69, 9.17) is 9.47 Å². The highest BCUT2D eigenvalue weighted by atomic mass is 16.5. The summed E-state index contributed by atoms with van der Waals surface area (Å²) >= 11 is 0. The summed E-state index contributed by atoms with van der Waals surface area (Å²) in [5, 5.41) is 0. The molecule has 0 aromatic heterocycles. The minimum absolute atomic E-state index is 0.629. The molecule has 0 aliphatic rings. The molecule has 0 bridgehead atoms. The molecule has 0 fully saturated rings. The summed E-state index contributed by atoms with van der Waals surface area (Å²) in [5.41, 5.74) is 0.629. The molecule has 0 heterocycles. The third kappa shape index (κ3) is 12.2. The van der Waals surface area contributed by atoms with Crippen LogP contribution >= 0.6 is 0 Å². The van der Waals surface area contributed by atoms with Gasteiger partial charge in [-0.3, -0.25) is 4.79 Å². The van der Waals surface area contributed by atoms with E-state index >= 15 is 0 Å². The van der Waals surface area contributed by atoms with E-state index in [0.717, 1.165) is 36.7 Å². The van der Waals surface area contributed by atoms with Crippen molar-refractivity contribution in [1.29, 1.82) is 0 Å². The van der Waals surface area contributed by atoms with Gasteiger partial charge in [-0.15, -0.1) is 0 Å². The average molecular weight is 419 g/mol. The van der Waals surface area contributed by atoms with E-state index in [9.17, 15) is 4.79 Å². The van der Waals surface area contributed by atoms with Gasteiger partial charge in [-0.05, 0) is 54.7 Å². The summed E-state index contributed by atoms with van der Waals surface area (Å²) in [7, 11) is 0. The third-order valence-corrected chi connectivity index (χ3v) is 5.80. The monoisotopic (exact) mass is 418 g/mol. The minimum Gasteiger partial charge on any atom is -0.490 e. The van der Waals surface area contributed by atoms with Crippen LogP contribution in [-0.2, 0) is 0 Å². The summed E-state index contributed by atoms with van der Waals surface area (Å²) in [6.07, 6.45) is 10.6. The molecule has 0 saturated heterocycles. The number of hydrogen-bond donors (Lipinski definition) is 0. The number of benzene rings is 1. The van der Waals surface area contributed by atoms with Crippen molar-refractivity contribution in [3.05, 3.63) is 23.8 Å². The number of aldehydes is 1. The van der Waals surface area contributed by atoms with Gasteiger partial charge >= 0.3 is 0 Å². The Morgan fingerprint density at radius 1 is 0.700 bits per heavy atom. The van der Waals surface area contributed by atoms with Crippen LogP contribution in [0.25, 0.3) is 0 Å². The highest BCUT2D eigenvalue weighted by Crippen LogP contribution is 2.29. The first kappa shape index (κ1) is 26.5. The van der Waals surface area contributed by atoms with Gasteiger partial charge in [0.25, 0.3) is 0 Å². The molecule has 0 spiro atoms. The van der Waals surface area contributed by atoms with E-state index in [1.54, 1.807) is 12.1 Å². The molecule has 3 nitrogen and oxygen atoms in total. The Morgan fingerprint density at radius 3 is 1.67 bits per heavy atom. The first-order chi connectivity index (χ1) is 14.3. The predicted octanol–water partition coefficient (Wildman–Crippen LogP) is 7.96. The van der Waals surface area contributed by atoms with Crippen LogP contribution in [0.4, 0.5) is 0 Å². The molecule has 30 heavy (non-hydrogen) atoms. The molecule has 0 N–H and O–H groups in total. The van der Waals surface area contributed by atoms with E-state index in [1.807, 2.05) is 6.07 Å². The standard InChI is InChI=1S/C27H46O3/c1-21(2)9-7-11-23(5)15-17-29-26-14-13-25(20-28)19-27(26)30-18-16-24(6)12-8-10-22(3)4/h13-14,19-24H,7-12,15-18H2,1-6H3/t23-,24-/m0/s1. The fourth-order valence-electron chi connectivity index (χ4n) is 3.61. The number of carbonyl (C=O) groups is 1. The Balaban J connectivity index is 2.45. The molecule has 0 radical (unpaired) electrons. The number of carbonyl (C=O) groups excluding carboxylic acids is 1. The number of rotatable bonds is 17. The van der Waals surface area contributed by atoms with Gasteiger partial charge in [0.2, 0.25) is 0 Å². The molecule has 0 unspecified atom stereocenters. The Bertz CT molecular complexity index is 579. The van der Waals surface area contributed by atoms with Crippen LogP contribution < -0.4 is 9.47 Å². The fraction of sp³-hybridized carbons (Fsp3) is 0.741. The normalized spacial score (nSPS) is 13.5. The summed E-state index contributed by atoms with van der Waals surface area (Å²) < 4.78 is 12.1. The van der Waals surface area contributed by atoms with Gasteiger partial charge in [-0.25, -0.2) is 0 Å². The van der Waals surface area contributed by atoms with E-state index < -0.39 is 0 Å². The predicted molar refractivity (Wildman–Crippen MR) is 128 cm³/mol. The summed E-state index contributed by atoms with van der Waals surface area (Å²) in [6.45, 7) is 15.1. The SMILES string of the molecule is CC(C)CCC[C@H](C)CCOc1ccc(C=O)cc1OCC[C@@H](C)CCCC(C)C. The summed E-state index contributed by atoms with van der Waals surface area (Å²) in [5.74, 6) is 4.31. The van der Waals surface area contributed by atoms with Gasteiger partial charge in [0.15, 0.2) is 11.5 Å². The smallest absolute Gasteiger partial charge is 0.161 e. The maximum absolute atomic E-state index is 11.2. The molecule has 1 aromatic carbocycles. The molecule has 0 aliphatic carbocycles. The van der Waals surface area contributed by atoms with E-state index in [0.29, 0.717) is 36.4 Å². The second-order valence-electron chi connectivity index (χ2n) is 9.96. The van der Waals surface area contributed by atoms with Crippen molar-refractivity contribution in [3.8, 4) is 11.5 Å². The van der Waals surface area contributed by atoms with Crippen molar-refractivity contribution in [2.24, 2.45) is 23.7 Å². The van der Waals surface area contributed by atoms with Crippen molar-refractivity contribution in [2.75, 3.05) is 13.2 Å². The van der Waals surface area contributed by atoms with Crippen LogP contribution in [0.2, 0.25) is 0 Å². The topological polar surface area (TPSA) is 35.5 Å². The average Bonchev–Trinajstić information content (AvgIpc) is 2.68. The highest BCUT2D eigenvalue weighted by Gasteiger charge is 2.10. The molecule has 1 aromatic rings. The van der Waals surface area contributed by atoms with Crippen molar-refractivity contribution in [2.45, 2.75) is 92.9 Å². The summed E-state index contributed by atoms with van der Waals surface area (Å²) in [4.78, 5) is 11.2. The summed E-state index contributed by atoms with van der Waals surface area (Å²) in [6, 6.07) is 5.47. The molecule has 3 heteroatoms. The Labute approximate surface area is 185 Å². The van der Waals surface area contributed by atoms with Crippen LogP contribution in [0.15, 0.2) is 18.2 Å². The first-order valence-electron chi connectivity index (χ1n) is 12.2. The Kier molecular flexibility index (Phi) is 13.5. The second-order valence-corrected chi connectivity index (χ2v) is 9.96. The first-order valence-corrected chi connectivity index (χ1v) is 12.2. The fourth-order valence-corrected chi connectivity index (χ4v) is 3.61. The van der Waals surface area contributed by atoms with Crippen molar-refractivity contribution in [1.82, 2.24) is 0 Å². The number of ether oxygens (including phenoxy) is 2. The minimum atomic E-state index is 0.629. The van der Waals surface area contributed by atoms with Gasteiger partial charge in [-0.1, -0.05) is 80.1 Å². The van der Waals surface area contributed by atoms with Crippen LogP contribution in [0.1, 0.15) is 103 Å². The molecular weight excluding hydrogens is 372 g/mol. The van der Waals surface area contributed by atoms with Gasteiger partial charge in [-0.2, -0.15) is 0 Å². The maximum atomic E-state index is 11.2. The molecule has 172 valence electrons. The van der Waals surface area contributed by atoms with Gasteiger partial charge in [0, 0.05) is 5.56 Å². The van der Waals surface area contributed by atoms with Crippen molar-refractivity contribution < 1.29 is 14.3 Å². The molecule has 1 rings (SSSR count). The van der Waals surface area contributed by atoms with E-state index in [2.05, 4.69) is 41.5 Å². The molecule has 0 saturated carbocycles. The Hall–Kier alpha value is -1.51. The highest BCUT2D eigenvalue weighted by molar-refractivity contribution is 5.76. The molecule has 0 amide bonds. The Morgan fingerprint density at radius 2 is 1.20 bits per heavy atom. The molecular formula is C27H46O3. The van der Waals surface area contributed by atoms with Gasteiger partial charge in [0.1, 0.15) is 6.29 Å². The molecule has 2 atom stereocenters. The van der Waals surface area contributed by atoms with Crippen LogP contribution in [0.3, 0.4) is 0 Å². The lowest BCUT2D eigenvalue weighted by Crippen LogP contribution is -2.08.